The Kier molecular flexibility index (Phi) is 4.52. The molecule has 0 aromatic rings. The zero-order valence-corrected chi connectivity index (χ0v) is 11.5. The molecule has 7 heteroatoms. The number of nitrogens with one attached hydrogen (secondary N) is 1. The van der Waals surface area contributed by atoms with Gasteiger partial charge in [-0.2, -0.15) is 0 Å². The molecule has 1 fully saturated rings. The number of aliphatic carboxylic acids is 1. The van der Waals surface area contributed by atoms with Crippen LogP contribution in [0.25, 0.3) is 0 Å². The summed E-state index contributed by atoms with van der Waals surface area (Å²) in [5.74, 6) is -1.94. The monoisotopic (exact) mass is 271 g/mol. The third-order valence-corrected chi connectivity index (χ3v) is 3.18. The van der Waals surface area contributed by atoms with Gasteiger partial charge in [-0.05, 0) is 5.41 Å². The van der Waals surface area contributed by atoms with E-state index in [2.05, 4.69) is 5.32 Å². The van der Waals surface area contributed by atoms with E-state index in [-0.39, 0.29) is 12.5 Å². The number of carbonyl (C=O) groups excluding carboxylic acids is 2. The van der Waals surface area contributed by atoms with Gasteiger partial charge in [0, 0.05) is 13.1 Å². The Hall–Kier alpha value is -1.63. The molecule has 7 nitrogen and oxygen atoms in total. The second-order valence-electron chi connectivity index (χ2n) is 5.78. The van der Waals surface area contributed by atoms with Gasteiger partial charge in [0.2, 0.25) is 11.8 Å². The standard InChI is InChI=1S/C12H21N3O4/c1-12(2,3)9(13)11(19)15-5-4-14-10(18)7(15)6-8(16)17/h7,9H,4-6,13H2,1-3H3,(H,14,18)(H,16,17)/t7?,9-/m0/s1. The molecule has 4 N–H and O–H groups in total. The van der Waals surface area contributed by atoms with Crippen molar-refractivity contribution < 1.29 is 19.5 Å². The van der Waals surface area contributed by atoms with Gasteiger partial charge in [-0.3, -0.25) is 14.4 Å². The molecular weight excluding hydrogens is 250 g/mol. The van der Waals surface area contributed by atoms with E-state index in [9.17, 15) is 14.4 Å². The highest BCUT2D eigenvalue weighted by Crippen LogP contribution is 2.21. The van der Waals surface area contributed by atoms with Crippen LogP contribution in [0.5, 0.6) is 0 Å². The minimum absolute atomic E-state index is 0.284. The quantitative estimate of drug-likeness (QED) is 0.619. The molecule has 19 heavy (non-hydrogen) atoms. The van der Waals surface area contributed by atoms with Crippen LogP contribution in [0, 0.1) is 5.41 Å². The first-order chi connectivity index (χ1) is 8.64. The number of rotatable bonds is 3. The maximum atomic E-state index is 12.3. The van der Waals surface area contributed by atoms with E-state index in [1.807, 2.05) is 20.8 Å². The molecule has 1 saturated heterocycles. The Morgan fingerprint density at radius 2 is 2.11 bits per heavy atom. The van der Waals surface area contributed by atoms with E-state index in [4.69, 9.17) is 10.8 Å². The average Bonchev–Trinajstić information content (AvgIpc) is 2.28. The predicted octanol–water partition coefficient (Wildman–Crippen LogP) is -0.838. The van der Waals surface area contributed by atoms with E-state index in [1.165, 1.54) is 4.90 Å². The number of hydrogen-bond acceptors (Lipinski definition) is 4. The topological polar surface area (TPSA) is 113 Å². The Bertz CT molecular complexity index is 389. The summed E-state index contributed by atoms with van der Waals surface area (Å²) in [6, 6.07) is -1.75. The Morgan fingerprint density at radius 3 is 2.58 bits per heavy atom. The predicted molar refractivity (Wildman–Crippen MR) is 68.2 cm³/mol. The van der Waals surface area contributed by atoms with E-state index in [0.29, 0.717) is 6.54 Å². The van der Waals surface area contributed by atoms with Gasteiger partial charge in [-0.25, -0.2) is 0 Å². The highest BCUT2D eigenvalue weighted by molar-refractivity contribution is 5.93. The average molecular weight is 271 g/mol. The minimum atomic E-state index is -1.12. The minimum Gasteiger partial charge on any atom is -0.481 e. The summed E-state index contributed by atoms with van der Waals surface area (Å²) >= 11 is 0. The van der Waals surface area contributed by atoms with Crippen molar-refractivity contribution in [2.24, 2.45) is 11.1 Å². The lowest BCUT2D eigenvalue weighted by atomic mass is 9.86. The molecular formula is C12H21N3O4. The molecule has 0 aromatic heterocycles. The highest BCUT2D eigenvalue weighted by Gasteiger charge is 2.39. The van der Waals surface area contributed by atoms with Crippen LogP contribution in [0.3, 0.4) is 0 Å². The van der Waals surface area contributed by atoms with Gasteiger partial charge < -0.3 is 21.1 Å². The molecule has 1 aliphatic rings. The molecule has 0 aromatic carbocycles. The van der Waals surface area contributed by atoms with Crippen LogP contribution in [0.1, 0.15) is 27.2 Å². The van der Waals surface area contributed by atoms with Crippen molar-refractivity contribution in [3.8, 4) is 0 Å². The summed E-state index contributed by atoms with van der Waals surface area (Å²) in [6.07, 6.45) is -0.408. The molecule has 2 atom stereocenters. The van der Waals surface area contributed by atoms with Crippen LogP contribution in [0.2, 0.25) is 0 Å². The fourth-order valence-corrected chi connectivity index (χ4v) is 1.90. The third kappa shape index (κ3) is 3.66. The number of amides is 2. The lowest BCUT2D eigenvalue weighted by molar-refractivity contribution is -0.150. The zero-order chi connectivity index (χ0) is 14.8. The number of carboxylic acids is 1. The van der Waals surface area contributed by atoms with Crippen LogP contribution < -0.4 is 11.1 Å². The molecule has 0 saturated carbocycles. The Labute approximate surface area is 112 Å². The molecule has 0 bridgehead atoms. The number of carbonyl (C=O) groups is 3. The number of hydrogen-bond donors (Lipinski definition) is 3. The second-order valence-corrected chi connectivity index (χ2v) is 5.78. The fraction of sp³-hybridized carbons (Fsp3) is 0.750. The van der Waals surface area contributed by atoms with Crippen molar-refractivity contribution in [1.29, 1.82) is 0 Å². The van der Waals surface area contributed by atoms with Gasteiger partial charge in [0.05, 0.1) is 12.5 Å². The molecule has 2 amide bonds. The van der Waals surface area contributed by atoms with Gasteiger partial charge in [0.1, 0.15) is 6.04 Å². The Morgan fingerprint density at radius 1 is 1.53 bits per heavy atom. The SMILES string of the molecule is CC(C)(C)[C@@H](N)C(=O)N1CCNC(=O)C1CC(=O)O. The fourth-order valence-electron chi connectivity index (χ4n) is 1.90. The van der Waals surface area contributed by atoms with Crippen molar-refractivity contribution in [2.45, 2.75) is 39.3 Å². The van der Waals surface area contributed by atoms with Crippen molar-refractivity contribution in [1.82, 2.24) is 10.2 Å². The molecule has 1 rings (SSSR count). The van der Waals surface area contributed by atoms with Gasteiger partial charge in [-0.15, -0.1) is 0 Å². The maximum absolute atomic E-state index is 12.3. The molecule has 0 spiro atoms. The van der Waals surface area contributed by atoms with Gasteiger partial charge in [0.15, 0.2) is 0 Å². The van der Waals surface area contributed by atoms with E-state index >= 15 is 0 Å². The molecule has 1 unspecified atom stereocenters. The van der Waals surface area contributed by atoms with Gasteiger partial charge in [0.25, 0.3) is 0 Å². The molecule has 1 aliphatic heterocycles. The van der Waals surface area contributed by atoms with Crippen molar-refractivity contribution in [2.75, 3.05) is 13.1 Å². The first kappa shape index (κ1) is 15.4. The lowest BCUT2D eigenvalue weighted by Gasteiger charge is -2.38. The number of piperazine rings is 1. The summed E-state index contributed by atoms with van der Waals surface area (Å²) in [7, 11) is 0. The van der Waals surface area contributed by atoms with E-state index in [1.54, 1.807) is 0 Å². The normalized spacial score (nSPS) is 21.8. The maximum Gasteiger partial charge on any atom is 0.305 e. The van der Waals surface area contributed by atoms with E-state index < -0.39 is 35.8 Å². The molecule has 0 aliphatic carbocycles. The lowest BCUT2D eigenvalue weighted by Crippen LogP contribution is -2.62. The smallest absolute Gasteiger partial charge is 0.305 e. The number of carboxylic acid groups (broad SMARTS) is 1. The van der Waals surface area contributed by atoms with Crippen LogP contribution in [-0.4, -0.2) is 53.0 Å². The molecule has 0 radical (unpaired) electrons. The van der Waals surface area contributed by atoms with Gasteiger partial charge >= 0.3 is 5.97 Å². The highest BCUT2D eigenvalue weighted by atomic mass is 16.4. The van der Waals surface area contributed by atoms with Crippen LogP contribution in [0.4, 0.5) is 0 Å². The zero-order valence-electron chi connectivity index (χ0n) is 11.5. The summed E-state index contributed by atoms with van der Waals surface area (Å²) in [5, 5.41) is 11.4. The van der Waals surface area contributed by atoms with Crippen LogP contribution in [-0.2, 0) is 14.4 Å². The van der Waals surface area contributed by atoms with Crippen molar-refractivity contribution in [3.63, 3.8) is 0 Å². The summed E-state index contributed by atoms with van der Waals surface area (Å²) in [4.78, 5) is 36.1. The first-order valence-electron chi connectivity index (χ1n) is 6.20. The van der Waals surface area contributed by atoms with E-state index in [0.717, 1.165) is 0 Å². The number of nitrogens with zero attached hydrogens (tertiary/aromatic N) is 1. The summed E-state index contributed by atoms with van der Waals surface area (Å²) in [6.45, 7) is 6.08. The summed E-state index contributed by atoms with van der Waals surface area (Å²) in [5.41, 5.74) is 5.45. The van der Waals surface area contributed by atoms with Crippen molar-refractivity contribution in [3.05, 3.63) is 0 Å². The van der Waals surface area contributed by atoms with Crippen LogP contribution >= 0.6 is 0 Å². The van der Waals surface area contributed by atoms with Crippen molar-refractivity contribution >= 4 is 17.8 Å². The first-order valence-corrected chi connectivity index (χ1v) is 6.20. The molecule has 1 heterocycles. The number of nitrogens with two attached hydrogens (primary N) is 1. The summed E-state index contributed by atoms with van der Waals surface area (Å²) < 4.78 is 0. The Balaban J connectivity index is 2.91. The van der Waals surface area contributed by atoms with Crippen LogP contribution in [0.15, 0.2) is 0 Å². The third-order valence-electron chi connectivity index (χ3n) is 3.18. The van der Waals surface area contributed by atoms with Gasteiger partial charge in [-0.1, -0.05) is 20.8 Å². The molecule has 108 valence electrons. The second kappa shape index (κ2) is 5.56. The largest absolute Gasteiger partial charge is 0.481 e.